The number of fused-ring (bicyclic) bond motifs is 3. The molecule has 0 N–H and O–H groups in total. The van der Waals surface area contributed by atoms with Crippen molar-refractivity contribution >= 4 is 50.1 Å². The predicted octanol–water partition coefficient (Wildman–Crippen LogP) is 3.75. The Balaban J connectivity index is 1.99. The second-order valence-electron chi connectivity index (χ2n) is 5.16. The van der Waals surface area contributed by atoms with Crippen LogP contribution in [0.5, 0.6) is 0 Å². The van der Waals surface area contributed by atoms with E-state index >= 15 is 0 Å². The van der Waals surface area contributed by atoms with Gasteiger partial charge in [-0.2, -0.15) is 0 Å². The van der Waals surface area contributed by atoms with E-state index in [1.807, 2.05) is 19.1 Å². The maximum atomic E-state index is 5.88. The quantitative estimate of drug-likeness (QED) is 0.399. The number of hydrogen-bond acceptors (Lipinski definition) is 2. The number of nitrogens with zero attached hydrogens (tertiary/aromatic N) is 1. The molecule has 3 heteroatoms. The molecule has 2 heterocycles. The SMILES string of the molecule is Cc1cc(-c2ccc3oc4ccccc4c3c2)c[c]([Bi])n1. The first-order valence-electron chi connectivity index (χ1n) is 6.80. The topological polar surface area (TPSA) is 26.0 Å². The molecule has 0 aliphatic carbocycles. The molecular formula is C18H12BiNO. The van der Waals surface area contributed by atoms with E-state index in [1.54, 1.807) is 0 Å². The fourth-order valence-electron chi connectivity index (χ4n) is 2.72. The van der Waals surface area contributed by atoms with Crippen molar-refractivity contribution in [2.75, 3.05) is 0 Å². The first kappa shape index (κ1) is 13.0. The van der Waals surface area contributed by atoms with Crippen molar-refractivity contribution in [3.63, 3.8) is 0 Å². The number of aryl methyl sites for hydroxylation is 1. The average molecular weight is 467 g/mol. The molecule has 2 nitrogen and oxygen atoms in total. The monoisotopic (exact) mass is 467 g/mol. The van der Waals surface area contributed by atoms with E-state index in [0.717, 1.165) is 20.3 Å². The Bertz CT molecular complexity index is 951. The van der Waals surface area contributed by atoms with Crippen molar-refractivity contribution < 1.29 is 4.42 Å². The third-order valence-electron chi connectivity index (χ3n) is 3.65. The zero-order valence-corrected chi connectivity index (χ0v) is 15.0. The Labute approximate surface area is 137 Å². The molecule has 2 aromatic carbocycles. The van der Waals surface area contributed by atoms with Crippen LogP contribution in [0.25, 0.3) is 33.1 Å². The standard InChI is InChI=1S/C18H12NO.Bi/c1-12-10-14(8-9-19-12)13-6-7-18-16(11-13)15-4-2-3-5-17(15)20-18;/h2-8,10-11H,1H3;. The second kappa shape index (κ2) is 4.92. The van der Waals surface area contributed by atoms with Gasteiger partial charge in [-0.15, -0.1) is 0 Å². The van der Waals surface area contributed by atoms with Gasteiger partial charge in [0.25, 0.3) is 0 Å². The summed E-state index contributed by atoms with van der Waals surface area (Å²) in [6.07, 6.45) is 0. The number of rotatable bonds is 1. The minimum atomic E-state index is 0.940. The summed E-state index contributed by atoms with van der Waals surface area (Å²) in [4.78, 5) is 4.49. The van der Waals surface area contributed by atoms with Crippen LogP contribution in [0.15, 0.2) is 59.0 Å². The molecule has 0 fully saturated rings. The second-order valence-corrected chi connectivity index (χ2v) is 6.95. The molecule has 0 atom stereocenters. The van der Waals surface area contributed by atoms with Crippen LogP contribution in [0.3, 0.4) is 0 Å². The van der Waals surface area contributed by atoms with Gasteiger partial charge in [0.05, 0.1) is 0 Å². The van der Waals surface area contributed by atoms with Gasteiger partial charge >= 0.3 is 138 Å². The van der Waals surface area contributed by atoms with E-state index < -0.39 is 0 Å². The summed E-state index contributed by atoms with van der Waals surface area (Å²) in [5.41, 5.74) is 5.40. The van der Waals surface area contributed by atoms with Gasteiger partial charge in [-0.3, -0.25) is 0 Å². The van der Waals surface area contributed by atoms with E-state index in [4.69, 9.17) is 4.42 Å². The molecule has 0 bridgehead atoms. The Hall–Kier alpha value is -1.73. The summed E-state index contributed by atoms with van der Waals surface area (Å²) >= 11 is 1.18. The van der Waals surface area contributed by atoms with Crippen LogP contribution in [0.4, 0.5) is 0 Å². The van der Waals surface area contributed by atoms with Crippen molar-refractivity contribution in [3.8, 4) is 11.1 Å². The van der Waals surface area contributed by atoms with Crippen LogP contribution in [-0.4, -0.2) is 29.7 Å². The zero-order valence-electron chi connectivity index (χ0n) is 11.5. The Morgan fingerprint density at radius 1 is 0.857 bits per heavy atom. The Kier molecular flexibility index (Phi) is 3.04. The first-order valence-corrected chi connectivity index (χ1v) is 8.54. The average Bonchev–Trinajstić information content (AvgIpc) is 2.84. The Morgan fingerprint density at radius 2 is 1.67 bits per heavy atom. The van der Waals surface area contributed by atoms with Crippen LogP contribution in [0.2, 0.25) is 0 Å². The van der Waals surface area contributed by atoms with E-state index in [9.17, 15) is 0 Å². The molecule has 0 amide bonds. The molecule has 0 saturated carbocycles. The van der Waals surface area contributed by atoms with Crippen molar-refractivity contribution in [1.29, 1.82) is 0 Å². The molecule has 0 spiro atoms. The molecule has 4 rings (SSSR count). The predicted molar refractivity (Wildman–Crippen MR) is 87.1 cm³/mol. The normalized spacial score (nSPS) is 11.3. The number of hydrogen-bond donors (Lipinski definition) is 0. The van der Waals surface area contributed by atoms with Crippen LogP contribution in [0, 0.1) is 6.92 Å². The summed E-state index contributed by atoms with van der Waals surface area (Å²) in [5, 5.41) is 2.34. The van der Waals surface area contributed by atoms with Gasteiger partial charge in [0.15, 0.2) is 0 Å². The number of para-hydroxylation sites is 1. The molecule has 0 aliphatic heterocycles. The molecule has 0 saturated heterocycles. The summed E-state index contributed by atoms with van der Waals surface area (Å²) < 4.78 is 7.04. The van der Waals surface area contributed by atoms with Gasteiger partial charge in [-0.1, -0.05) is 0 Å². The van der Waals surface area contributed by atoms with E-state index in [2.05, 4.69) is 47.4 Å². The van der Waals surface area contributed by atoms with E-state index in [1.165, 1.54) is 46.6 Å². The van der Waals surface area contributed by atoms with Crippen molar-refractivity contribution in [3.05, 3.63) is 60.3 Å². The number of furan rings is 1. The molecule has 0 unspecified atom stereocenters. The molecule has 0 aliphatic rings. The van der Waals surface area contributed by atoms with Gasteiger partial charge in [0.1, 0.15) is 0 Å². The molecule has 4 aromatic rings. The van der Waals surface area contributed by atoms with Crippen LogP contribution < -0.4 is 3.40 Å². The molecule has 2 aromatic heterocycles. The fourth-order valence-corrected chi connectivity index (χ4v) is 3.88. The van der Waals surface area contributed by atoms with Gasteiger partial charge in [0.2, 0.25) is 0 Å². The Morgan fingerprint density at radius 3 is 2.52 bits per heavy atom. The maximum absolute atomic E-state index is 5.88. The van der Waals surface area contributed by atoms with Crippen LogP contribution in [0.1, 0.15) is 5.69 Å². The van der Waals surface area contributed by atoms with Crippen molar-refractivity contribution in [2.24, 2.45) is 0 Å². The zero-order chi connectivity index (χ0) is 14.4. The van der Waals surface area contributed by atoms with E-state index in [-0.39, 0.29) is 0 Å². The van der Waals surface area contributed by atoms with Gasteiger partial charge < -0.3 is 0 Å². The number of benzene rings is 2. The first-order chi connectivity index (χ1) is 10.2. The summed E-state index contributed by atoms with van der Waals surface area (Å²) in [6.45, 7) is 2.05. The third kappa shape index (κ3) is 2.26. The summed E-state index contributed by atoms with van der Waals surface area (Å²) in [5.74, 6) is 0. The van der Waals surface area contributed by atoms with Gasteiger partial charge in [-0.05, 0) is 0 Å². The number of aromatic nitrogens is 1. The molecule has 100 valence electrons. The summed E-state index contributed by atoms with van der Waals surface area (Å²) in [7, 11) is 0. The summed E-state index contributed by atoms with van der Waals surface area (Å²) in [6, 6.07) is 18.9. The molecular weight excluding hydrogens is 455 g/mol. The molecule has 2 radical (unpaired) electrons. The van der Waals surface area contributed by atoms with E-state index in [0.29, 0.717) is 0 Å². The van der Waals surface area contributed by atoms with Crippen molar-refractivity contribution in [2.45, 2.75) is 6.92 Å². The van der Waals surface area contributed by atoms with Gasteiger partial charge in [0, 0.05) is 0 Å². The third-order valence-corrected chi connectivity index (χ3v) is 4.54. The molecule has 21 heavy (non-hydrogen) atoms. The minimum absolute atomic E-state index is 0.940. The number of pyridine rings is 1. The fraction of sp³-hybridized carbons (Fsp3) is 0.0556. The van der Waals surface area contributed by atoms with Gasteiger partial charge in [-0.25, -0.2) is 0 Å². The van der Waals surface area contributed by atoms with Crippen molar-refractivity contribution in [1.82, 2.24) is 4.98 Å². The van der Waals surface area contributed by atoms with Crippen LogP contribution in [-0.2, 0) is 0 Å². The van der Waals surface area contributed by atoms with Crippen LogP contribution >= 0.6 is 0 Å².